The van der Waals surface area contributed by atoms with Crippen molar-refractivity contribution in [2.75, 3.05) is 7.05 Å². The number of hydrogen-bond donors (Lipinski definition) is 2. The number of hydrogen-bond acceptors (Lipinski definition) is 3. The zero-order valence-electron chi connectivity index (χ0n) is 12.6. The highest BCUT2D eigenvalue weighted by Crippen LogP contribution is 2.42. The van der Waals surface area contributed by atoms with Crippen molar-refractivity contribution in [3.8, 4) is 0 Å². The second-order valence-corrected chi connectivity index (χ2v) is 6.62. The molecular formula is C13H24N3O3. The summed E-state index contributed by atoms with van der Waals surface area (Å²) < 4.78 is 0. The van der Waals surface area contributed by atoms with Crippen molar-refractivity contribution in [3.05, 3.63) is 0 Å². The molecule has 6 heteroatoms. The molecule has 2 N–H and O–H groups in total. The molecule has 0 saturated carbocycles. The van der Waals surface area contributed by atoms with Gasteiger partial charge in [-0.2, -0.15) is 0 Å². The monoisotopic (exact) mass is 270 g/mol. The first-order chi connectivity index (χ1) is 8.47. The maximum Gasteiger partial charge on any atom is 0.245 e. The van der Waals surface area contributed by atoms with Gasteiger partial charge in [-0.05, 0) is 40.5 Å². The molecule has 1 fully saturated rings. The van der Waals surface area contributed by atoms with E-state index < -0.39 is 16.6 Å². The highest BCUT2D eigenvalue weighted by Gasteiger charge is 2.56. The predicted octanol–water partition coefficient (Wildman–Crippen LogP) is 0.606. The van der Waals surface area contributed by atoms with E-state index in [2.05, 4.69) is 10.6 Å². The smallest absolute Gasteiger partial charge is 0.245 e. The summed E-state index contributed by atoms with van der Waals surface area (Å²) in [6.07, 6.45) is 0.568. The lowest BCUT2D eigenvalue weighted by atomic mass is 9.69. The third-order valence-corrected chi connectivity index (χ3v) is 3.65. The van der Waals surface area contributed by atoms with Crippen LogP contribution in [0.25, 0.3) is 0 Å². The molecule has 1 aliphatic rings. The SMILES string of the molecule is CNC(=O)C1(NC(C)=O)CC(C)(C)N([O])C(C)(C)C1. The lowest BCUT2D eigenvalue weighted by Crippen LogP contribution is -2.72. The summed E-state index contributed by atoms with van der Waals surface area (Å²) in [5, 5.41) is 18.7. The largest absolute Gasteiger partial charge is 0.357 e. The van der Waals surface area contributed by atoms with Gasteiger partial charge in [0.15, 0.2) is 0 Å². The molecule has 0 aliphatic carbocycles. The minimum atomic E-state index is -1.03. The van der Waals surface area contributed by atoms with Gasteiger partial charge in [-0.3, -0.25) is 9.59 Å². The first-order valence-electron chi connectivity index (χ1n) is 6.45. The van der Waals surface area contributed by atoms with Gasteiger partial charge < -0.3 is 10.6 Å². The summed E-state index contributed by atoms with van der Waals surface area (Å²) in [6, 6.07) is 0. The molecule has 0 aromatic carbocycles. The zero-order chi connectivity index (χ0) is 15.1. The van der Waals surface area contributed by atoms with E-state index in [1.807, 2.05) is 0 Å². The van der Waals surface area contributed by atoms with Crippen LogP contribution in [0.4, 0.5) is 0 Å². The van der Waals surface area contributed by atoms with Crippen LogP contribution in [0.1, 0.15) is 47.5 Å². The van der Waals surface area contributed by atoms with Crippen molar-refractivity contribution >= 4 is 11.8 Å². The van der Waals surface area contributed by atoms with Crippen LogP contribution >= 0.6 is 0 Å². The van der Waals surface area contributed by atoms with Gasteiger partial charge in [0.25, 0.3) is 0 Å². The number of carbonyl (C=O) groups excluding carboxylic acids is 2. The summed E-state index contributed by atoms with van der Waals surface area (Å²) in [5.74, 6) is -0.522. The first-order valence-corrected chi connectivity index (χ1v) is 6.45. The Morgan fingerprint density at radius 1 is 1.05 bits per heavy atom. The van der Waals surface area contributed by atoms with Gasteiger partial charge in [0.1, 0.15) is 5.54 Å². The number of carbonyl (C=O) groups is 2. The topological polar surface area (TPSA) is 81.3 Å². The molecule has 0 bridgehead atoms. The normalized spacial score (nSPS) is 24.6. The van der Waals surface area contributed by atoms with Gasteiger partial charge >= 0.3 is 0 Å². The third kappa shape index (κ3) is 2.90. The Hall–Kier alpha value is -1.14. The molecule has 0 unspecified atom stereocenters. The van der Waals surface area contributed by atoms with E-state index in [1.165, 1.54) is 14.0 Å². The van der Waals surface area contributed by atoms with E-state index in [0.717, 1.165) is 5.06 Å². The summed E-state index contributed by atoms with van der Waals surface area (Å²) in [7, 11) is 1.54. The van der Waals surface area contributed by atoms with Crippen LogP contribution in [-0.2, 0) is 14.8 Å². The van der Waals surface area contributed by atoms with Crippen LogP contribution in [-0.4, -0.2) is 40.5 Å². The molecular weight excluding hydrogens is 246 g/mol. The molecule has 1 heterocycles. The van der Waals surface area contributed by atoms with Crippen molar-refractivity contribution in [2.24, 2.45) is 0 Å². The van der Waals surface area contributed by atoms with Crippen LogP contribution in [0.15, 0.2) is 0 Å². The predicted molar refractivity (Wildman–Crippen MR) is 70.5 cm³/mol. The Bertz CT molecular complexity index is 373. The first kappa shape index (κ1) is 15.9. The van der Waals surface area contributed by atoms with Gasteiger partial charge in [-0.25, -0.2) is 0 Å². The second-order valence-electron chi connectivity index (χ2n) is 6.62. The van der Waals surface area contributed by atoms with Crippen LogP contribution in [0.2, 0.25) is 0 Å². The Morgan fingerprint density at radius 2 is 1.47 bits per heavy atom. The van der Waals surface area contributed by atoms with E-state index in [4.69, 9.17) is 0 Å². The Balaban J connectivity index is 3.25. The fraction of sp³-hybridized carbons (Fsp3) is 0.846. The third-order valence-electron chi connectivity index (χ3n) is 3.65. The average molecular weight is 270 g/mol. The highest BCUT2D eigenvalue weighted by atomic mass is 16.5. The molecule has 0 aromatic heterocycles. The summed E-state index contributed by atoms with van der Waals surface area (Å²) >= 11 is 0. The van der Waals surface area contributed by atoms with Gasteiger partial charge in [0.05, 0.1) is 0 Å². The van der Waals surface area contributed by atoms with Crippen molar-refractivity contribution < 1.29 is 14.8 Å². The fourth-order valence-corrected chi connectivity index (χ4v) is 3.38. The van der Waals surface area contributed by atoms with Crippen LogP contribution in [0.5, 0.6) is 0 Å². The van der Waals surface area contributed by atoms with Crippen molar-refractivity contribution in [3.63, 3.8) is 0 Å². The standard InChI is InChI=1S/C13H24N3O3/c1-9(17)15-13(10(18)14-6)7-11(2,3)16(19)12(4,5)8-13/h7-8H2,1-6H3,(H,14,18)(H,15,17). The maximum atomic E-state index is 12.3. The van der Waals surface area contributed by atoms with E-state index in [0.29, 0.717) is 0 Å². The van der Waals surface area contributed by atoms with Gasteiger partial charge in [0.2, 0.25) is 11.8 Å². The van der Waals surface area contributed by atoms with Gasteiger partial charge in [-0.1, -0.05) is 0 Å². The second kappa shape index (κ2) is 4.76. The number of likely N-dealkylation sites (N-methyl/N-ethyl adjacent to an activating group) is 1. The number of piperidine rings is 1. The summed E-state index contributed by atoms with van der Waals surface area (Å²) in [4.78, 5) is 23.7. The molecule has 6 nitrogen and oxygen atoms in total. The number of nitrogens with one attached hydrogen (secondary N) is 2. The van der Waals surface area contributed by atoms with Crippen LogP contribution < -0.4 is 10.6 Å². The van der Waals surface area contributed by atoms with E-state index in [-0.39, 0.29) is 24.7 Å². The Labute approximate surface area is 114 Å². The molecule has 1 radical (unpaired) electrons. The highest BCUT2D eigenvalue weighted by molar-refractivity contribution is 5.91. The molecule has 1 saturated heterocycles. The van der Waals surface area contributed by atoms with Gasteiger partial charge in [-0.15, -0.1) is 10.3 Å². The number of amides is 2. The summed E-state index contributed by atoms with van der Waals surface area (Å²) in [6.45, 7) is 8.55. The molecule has 0 spiro atoms. The number of nitrogens with zero attached hydrogens (tertiary/aromatic N) is 1. The summed E-state index contributed by atoms with van der Waals surface area (Å²) in [5.41, 5.74) is -2.48. The van der Waals surface area contributed by atoms with Crippen LogP contribution in [0, 0.1) is 0 Å². The molecule has 1 aliphatic heterocycles. The van der Waals surface area contributed by atoms with Crippen molar-refractivity contribution in [1.82, 2.24) is 15.7 Å². The molecule has 109 valence electrons. The molecule has 0 aromatic rings. The zero-order valence-corrected chi connectivity index (χ0v) is 12.6. The number of rotatable bonds is 2. The molecule has 0 atom stereocenters. The van der Waals surface area contributed by atoms with Crippen molar-refractivity contribution in [1.29, 1.82) is 0 Å². The minimum Gasteiger partial charge on any atom is -0.357 e. The lowest BCUT2D eigenvalue weighted by molar-refractivity contribution is -0.295. The van der Waals surface area contributed by atoms with Crippen LogP contribution in [0.3, 0.4) is 0 Å². The van der Waals surface area contributed by atoms with E-state index >= 15 is 0 Å². The van der Waals surface area contributed by atoms with Gasteiger partial charge in [0, 0.05) is 25.0 Å². The fourth-order valence-electron chi connectivity index (χ4n) is 3.38. The van der Waals surface area contributed by atoms with E-state index in [9.17, 15) is 14.8 Å². The lowest BCUT2D eigenvalue weighted by Gasteiger charge is -2.54. The Morgan fingerprint density at radius 3 is 1.79 bits per heavy atom. The molecule has 1 rings (SSSR count). The van der Waals surface area contributed by atoms with E-state index in [1.54, 1.807) is 27.7 Å². The molecule has 2 amide bonds. The minimum absolute atomic E-state index is 0.253. The maximum absolute atomic E-state index is 12.3. The molecule has 19 heavy (non-hydrogen) atoms. The Kier molecular flexibility index (Phi) is 3.98. The number of hydroxylamine groups is 2. The average Bonchev–Trinajstić information content (AvgIpc) is 2.22. The quantitative estimate of drug-likeness (QED) is 0.771. The van der Waals surface area contributed by atoms with Crippen molar-refractivity contribution in [2.45, 2.75) is 64.1 Å².